The van der Waals surface area contributed by atoms with Gasteiger partial charge in [0.15, 0.2) is 0 Å². The van der Waals surface area contributed by atoms with E-state index in [9.17, 15) is 4.79 Å². The average molecular weight is 333 g/mol. The van der Waals surface area contributed by atoms with Gasteiger partial charge in [0, 0.05) is 18.0 Å². The van der Waals surface area contributed by atoms with Gasteiger partial charge in [-0.05, 0) is 36.6 Å². The van der Waals surface area contributed by atoms with Gasteiger partial charge in [0.25, 0.3) is 0 Å². The van der Waals surface area contributed by atoms with Crippen LogP contribution < -0.4 is 10.6 Å². The van der Waals surface area contributed by atoms with Crippen molar-refractivity contribution < 1.29 is 4.79 Å². The minimum atomic E-state index is -0.0751. The first kappa shape index (κ1) is 16.0. The summed E-state index contributed by atoms with van der Waals surface area (Å²) in [7, 11) is 0. The van der Waals surface area contributed by atoms with Gasteiger partial charge in [0.1, 0.15) is 12.7 Å². The van der Waals surface area contributed by atoms with E-state index >= 15 is 0 Å². The minimum absolute atomic E-state index is 0.0751. The summed E-state index contributed by atoms with van der Waals surface area (Å²) in [6.07, 6.45) is 9.00. The molecular formula is C16H23N5OS. The molecule has 0 radical (unpaired) electrons. The summed E-state index contributed by atoms with van der Waals surface area (Å²) in [5.74, 6) is 0.564. The number of nitrogens with zero attached hydrogens (tertiary/aromatic N) is 3. The van der Waals surface area contributed by atoms with E-state index in [1.165, 1.54) is 36.9 Å². The fraction of sp³-hybridized carbons (Fsp3) is 0.562. The summed E-state index contributed by atoms with van der Waals surface area (Å²) >= 11 is 1.73. The standard InChI is InChI=1S/C16H23N5OS/c22-16(18-8-4-9-21-12-17-11-19-21)20-15(13-5-1-2-6-13)14-7-3-10-23-14/h3,7,10-13,15H,1-2,4-6,8-9H2,(H2,18,20,22)/t15-/m0/s1. The van der Waals surface area contributed by atoms with Crippen molar-refractivity contribution in [1.82, 2.24) is 25.4 Å². The maximum atomic E-state index is 12.2. The van der Waals surface area contributed by atoms with Crippen molar-refractivity contribution >= 4 is 17.4 Å². The predicted octanol–water partition coefficient (Wildman–Crippen LogP) is 2.96. The molecule has 0 saturated heterocycles. The van der Waals surface area contributed by atoms with Crippen molar-refractivity contribution in [2.24, 2.45) is 5.92 Å². The van der Waals surface area contributed by atoms with E-state index < -0.39 is 0 Å². The number of urea groups is 1. The third kappa shape index (κ3) is 4.54. The second-order valence-corrected chi connectivity index (χ2v) is 6.93. The van der Waals surface area contributed by atoms with Crippen molar-refractivity contribution in [3.63, 3.8) is 0 Å². The molecule has 124 valence electrons. The lowest BCUT2D eigenvalue weighted by atomic mass is 9.97. The lowest BCUT2D eigenvalue weighted by Crippen LogP contribution is -2.40. The molecule has 2 amide bonds. The summed E-state index contributed by atoms with van der Waals surface area (Å²) in [5.41, 5.74) is 0. The van der Waals surface area contributed by atoms with Crippen LogP contribution in [0.1, 0.15) is 43.0 Å². The first-order valence-electron chi connectivity index (χ1n) is 8.23. The molecule has 2 aromatic heterocycles. The number of nitrogens with one attached hydrogen (secondary N) is 2. The van der Waals surface area contributed by atoms with Crippen molar-refractivity contribution in [2.45, 2.75) is 44.7 Å². The van der Waals surface area contributed by atoms with E-state index in [-0.39, 0.29) is 12.1 Å². The Kier molecular flexibility index (Phi) is 5.63. The Bertz CT molecular complexity index is 578. The highest BCUT2D eigenvalue weighted by Crippen LogP contribution is 2.37. The van der Waals surface area contributed by atoms with Gasteiger partial charge >= 0.3 is 6.03 Å². The molecule has 0 spiro atoms. The Morgan fingerprint density at radius 3 is 3.00 bits per heavy atom. The van der Waals surface area contributed by atoms with Crippen LogP contribution in [-0.4, -0.2) is 27.3 Å². The van der Waals surface area contributed by atoms with Gasteiger partial charge in [0.05, 0.1) is 6.04 Å². The Labute approximate surface area is 140 Å². The number of thiophene rings is 1. The Morgan fingerprint density at radius 1 is 1.43 bits per heavy atom. The third-order valence-corrected chi connectivity index (χ3v) is 5.28. The molecule has 7 heteroatoms. The molecule has 1 fully saturated rings. The van der Waals surface area contributed by atoms with Crippen LogP contribution in [0.4, 0.5) is 4.79 Å². The summed E-state index contributed by atoms with van der Waals surface area (Å²) in [6, 6.07) is 4.25. The Hall–Kier alpha value is -1.89. The predicted molar refractivity (Wildman–Crippen MR) is 90.2 cm³/mol. The van der Waals surface area contributed by atoms with E-state index in [1.54, 1.807) is 22.3 Å². The van der Waals surface area contributed by atoms with Gasteiger partial charge in [-0.15, -0.1) is 11.3 Å². The molecule has 0 aromatic carbocycles. The van der Waals surface area contributed by atoms with Gasteiger partial charge in [-0.25, -0.2) is 9.78 Å². The zero-order valence-corrected chi connectivity index (χ0v) is 14.0. The normalized spacial score (nSPS) is 16.3. The van der Waals surface area contributed by atoms with Crippen LogP contribution >= 0.6 is 11.3 Å². The molecule has 6 nitrogen and oxygen atoms in total. The second kappa shape index (κ2) is 8.10. The molecule has 0 aliphatic heterocycles. The van der Waals surface area contributed by atoms with Crippen LogP contribution in [0.15, 0.2) is 30.2 Å². The van der Waals surface area contributed by atoms with Gasteiger partial charge in [-0.1, -0.05) is 18.9 Å². The molecule has 1 aliphatic carbocycles. The van der Waals surface area contributed by atoms with Gasteiger partial charge in [-0.3, -0.25) is 4.68 Å². The molecule has 1 saturated carbocycles. The summed E-state index contributed by atoms with van der Waals surface area (Å²) in [4.78, 5) is 17.4. The maximum absolute atomic E-state index is 12.2. The molecule has 2 heterocycles. The summed E-state index contributed by atoms with van der Waals surface area (Å²) < 4.78 is 1.77. The van der Waals surface area contributed by atoms with Crippen LogP contribution in [0.5, 0.6) is 0 Å². The average Bonchev–Trinajstić information content (AvgIpc) is 3.33. The number of rotatable bonds is 7. The quantitative estimate of drug-likeness (QED) is 0.765. The van der Waals surface area contributed by atoms with Crippen LogP contribution in [0, 0.1) is 5.92 Å². The molecule has 2 N–H and O–H groups in total. The van der Waals surface area contributed by atoms with Crippen LogP contribution in [0.25, 0.3) is 0 Å². The summed E-state index contributed by atoms with van der Waals surface area (Å²) in [5, 5.41) is 12.3. The highest BCUT2D eigenvalue weighted by molar-refractivity contribution is 7.10. The third-order valence-electron chi connectivity index (χ3n) is 4.32. The molecule has 1 aliphatic rings. The zero-order valence-electron chi connectivity index (χ0n) is 13.1. The molecule has 0 unspecified atom stereocenters. The number of hydrogen-bond donors (Lipinski definition) is 2. The first-order valence-corrected chi connectivity index (χ1v) is 9.11. The van der Waals surface area contributed by atoms with Crippen molar-refractivity contribution in [3.8, 4) is 0 Å². The van der Waals surface area contributed by atoms with E-state index in [1.807, 2.05) is 0 Å². The Morgan fingerprint density at radius 2 is 2.30 bits per heavy atom. The van der Waals surface area contributed by atoms with Gasteiger partial charge < -0.3 is 10.6 Å². The number of hydrogen-bond acceptors (Lipinski definition) is 4. The number of aryl methyl sites for hydroxylation is 1. The SMILES string of the molecule is O=C(NCCCn1cncn1)N[C@H](c1cccs1)C1CCCC1. The van der Waals surface area contributed by atoms with Gasteiger partial charge in [-0.2, -0.15) is 5.10 Å². The highest BCUT2D eigenvalue weighted by atomic mass is 32.1. The van der Waals surface area contributed by atoms with E-state index in [2.05, 4.69) is 38.2 Å². The number of carbonyl (C=O) groups excluding carboxylic acids is 1. The molecule has 3 rings (SSSR count). The van der Waals surface area contributed by atoms with E-state index in [0.717, 1.165) is 13.0 Å². The molecule has 1 atom stereocenters. The number of carbonyl (C=O) groups is 1. The first-order chi connectivity index (χ1) is 11.3. The number of amides is 2. The smallest absolute Gasteiger partial charge is 0.315 e. The molecule has 0 bridgehead atoms. The fourth-order valence-electron chi connectivity index (χ4n) is 3.16. The van der Waals surface area contributed by atoms with Gasteiger partial charge in [0.2, 0.25) is 0 Å². The highest BCUT2D eigenvalue weighted by Gasteiger charge is 2.28. The molecular weight excluding hydrogens is 310 g/mol. The van der Waals surface area contributed by atoms with E-state index in [4.69, 9.17) is 0 Å². The van der Waals surface area contributed by atoms with Crippen molar-refractivity contribution in [3.05, 3.63) is 35.0 Å². The van der Waals surface area contributed by atoms with E-state index in [0.29, 0.717) is 12.5 Å². The monoisotopic (exact) mass is 333 g/mol. The second-order valence-electron chi connectivity index (χ2n) is 5.95. The molecule has 2 aromatic rings. The minimum Gasteiger partial charge on any atom is -0.338 e. The Balaban J connectivity index is 1.46. The summed E-state index contributed by atoms with van der Waals surface area (Å²) in [6.45, 7) is 1.39. The fourth-order valence-corrected chi connectivity index (χ4v) is 4.03. The van der Waals surface area contributed by atoms with Crippen LogP contribution in [-0.2, 0) is 6.54 Å². The topological polar surface area (TPSA) is 71.8 Å². The zero-order chi connectivity index (χ0) is 15.9. The van der Waals surface area contributed by atoms with Crippen LogP contribution in [0.2, 0.25) is 0 Å². The lowest BCUT2D eigenvalue weighted by Gasteiger charge is -2.24. The lowest BCUT2D eigenvalue weighted by molar-refractivity contribution is 0.231. The van der Waals surface area contributed by atoms with Crippen molar-refractivity contribution in [2.75, 3.05) is 6.54 Å². The number of aromatic nitrogens is 3. The van der Waals surface area contributed by atoms with Crippen molar-refractivity contribution in [1.29, 1.82) is 0 Å². The van der Waals surface area contributed by atoms with Crippen LogP contribution in [0.3, 0.4) is 0 Å². The molecule has 23 heavy (non-hydrogen) atoms. The largest absolute Gasteiger partial charge is 0.338 e. The maximum Gasteiger partial charge on any atom is 0.315 e.